The van der Waals surface area contributed by atoms with E-state index in [1.807, 2.05) is 24.3 Å². The van der Waals surface area contributed by atoms with Crippen molar-refractivity contribution in [3.8, 4) is 5.75 Å². The van der Waals surface area contributed by atoms with Crippen LogP contribution in [-0.2, 0) is 0 Å². The van der Waals surface area contributed by atoms with Crippen LogP contribution in [0.25, 0.3) is 0 Å². The number of carbonyl (C=O) groups is 1. The van der Waals surface area contributed by atoms with E-state index in [0.29, 0.717) is 36.5 Å². The molecule has 144 valence electrons. The first-order valence-electron chi connectivity index (χ1n) is 8.42. The molecule has 1 fully saturated rings. The van der Waals surface area contributed by atoms with Gasteiger partial charge in [0.1, 0.15) is 5.75 Å². The Hall–Kier alpha value is -2.64. The lowest BCUT2D eigenvalue weighted by Gasteiger charge is -2.37. The van der Waals surface area contributed by atoms with Crippen LogP contribution in [0.5, 0.6) is 5.75 Å². The second-order valence-corrected chi connectivity index (χ2v) is 6.22. The Balaban J connectivity index is 0.00000261. The van der Waals surface area contributed by atoms with Crippen molar-refractivity contribution >= 4 is 24.0 Å². The number of benzene rings is 2. The number of halogens is 1. The van der Waals surface area contributed by atoms with Gasteiger partial charge < -0.3 is 15.0 Å². The number of para-hydroxylation sites is 1. The van der Waals surface area contributed by atoms with Crippen molar-refractivity contribution in [3.05, 3.63) is 69.3 Å². The molecule has 0 saturated carbocycles. The zero-order valence-corrected chi connectivity index (χ0v) is 16.0. The molecular formula is C19H22ClN3O4. The molecule has 0 bridgehead atoms. The third-order valence-corrected chi connectivity index (χ3v) is 4.65. The van der Waals surface area contributed by atoms with Crippen molar-refractivity contribution < 1.29 is 14.5 Å². The highest BCUT2D eigenvalue weighted by atomic mass is 35.5. The minimum absolute atomic E-state index is 0. The fraction of sp³-hybridized carbons (Fsp3) is 0.316. The summed E-state index contributed by atoms with van der Waals surface area (Å²) in [6, 6.07) is 12.0. The van der Waals surface area contributed by atoms with Crippen LogP contribution in [0.3, 0.4) is 0 Å². The number of nitrogens with zero attached hydrogens (tertiary/aromatic N) is 2. The Morgan fingerprint density at radius 1 is 1.30 bits per heavy atom. The number of hydrogen-bond acceptors (Lipinski definition) is 5. The maximum atomic E-state index is 13.1. The summed E-state index contributed by atoms with van der Waals surface area (Å²) in [5, 5.41) is 14.5. The Labute approximate surface area is 163 Å². The summed E-state index contributed by atoms with van der Waals surface area (Å²) in [6.07, 6.45) is 0. The van der Waals surface area contributed by atoms with Gasteiger partial charge in [-0.25, -0.2) is 0 Å². The summed E-state index contributed by atoms with van der Waals surface area (Å²) in [5.74, 6) is 0.499. The van der Waals surface area contributed by atoms with Crippen LogP contribution < -0.4 is 10.1 Å². The summed E-state index contributed by atoms with van der Waals surface area (Å²) in [7, 11) is 1.60. The third kappa shape index (κ3) is 4.20. The van der Waals surface area contributed by atoms with Crippen LogP contribution in [0.4, 0.5) is 5.69 Å². The van der Waals surface area contributed by atoms with Crippen LogP contribution in [0, 0.1) is 17.0 Å². The van der Waals surface area contributed by atoms with Gasteiger partial charge >= 0.3 is 0 Å². The molecule has 2 aromatic carbocycles. The van der Waals surface area contributed by atoms with Crippen molar-refractivity contribution in [2.75, 3.05) is 26.7 Å². The molecule has 1 N–H and O–H groups in total. The fourth-order valence-corrected chi connectivity index (χ4v) is 3.27. The summed E-state index contributed by atoms with van der Waals surface area (Å²) in [5.41, 5.74) is 1.73. The Bertz CT molecular complexity index is 843. The lowest BCUT2D eigenvalue weighted by molar-refractivity contribution is -0.385. The number of aryl methyl sites for hydroxylation is 1. The molecule has 1 aliphatic heterocycles. The predicted octanol–water partition coefficient (Wildman–Crippen LogP) is 3.12. The van der Waals surface area contributed by atoms with Crippen LogP contribution in [0.1, 0.15) is 27.5 Å². The lowest BCUT2D eigenvalue weighted by Crippen LogP contribution is -2.48. The van der Waals surface area contributed by atoms with Crippen LogP contribution >= 0.6 is 12.4 Å². The average molecular weight is 392 g/mol. The molecule has 7 nitrogen and oxygen atoms in total. The van der Waals surface area contributed by atoms with Crippen molar-refractivity contribution in [1.82, 2.24) is 10.2 Å². The lowest BCUT2D eigenvalue weighted by atomic mass is 10.0. The Kier molecular flexibility index (Phi) is 6.76. The normalized spacial score (nSPS) is 16.4. The Morgan fingerprint density at radius 3 is 2.74 bits per heavy atom. The first-order valence-corrected chi connectivity index (χ1v) is 8.42. The maximum absolute atomic E-state index is 13.1. The second-order valence-electron chi connectivity index (χ2n) is 6.22. The molecule has 0 radical (unpaired) electrons. The predicted molar refractivity (Wildman–Crippen MR) is 105 cm³/mol. The van der Waals surface area contributed by atoms with Crippen molar-refractivity contribution in [3.63, 3.8) is 0 Å². The molecule has 1 aliphatic rings. The number of methoxy groups -OCH3 is 1. The Morgan fingerprint density at radius 2 is 2.04 bits per heavy atom. The van der Waals surface area contributed by atoms with Gasteiger partial charge in [0.15, 0.2) is 0 Å². The number of ether oxygens (including phenoxy) is 1. The van der Waals surface area contributed by atoms with Gasteiger partial charge in [0.05, 0.1) is 18.1 Å². The number of piperazine rings is 1. The zero-order valence-electron chi connectivity index (χ0n) is 15.2. The first kappa shape index (κ1) is 20.7. The number of nitro groups is 1. The molecule has 8 heteroatoms. The van der Waals surface area contributed by atoms with E-state index in [9.17, 15) is 14.9 Å². The monoisotopic (exact) mass is 391 g/mol. The van der Waals surface area contributed by atoms with E-state index in [-0.39, 0.29) is 30.0 Å². The SMILES string of the molecule is COc1ccccc1C1CNCCN1C(=O)c1ccc(C)c([N+](=O)[O-])c1.Cl. The van der Waals surface area contributed by atoms with Gasteiger partial charge in [-0.2, -0.15) is 0 Å². The van der Waals surface area contributed by atoms with Gasteiger partial charge in [0.25, 0.3) is 11.6 Å². The summed E-state index contributed by atoms with van der Waals surface area (Å²) in [6.45, 7) is 3.45. The molecule has 0 aliphatic carbocycles. The third-order valence-electron chi connectivity index (χ3n) is 4.65. The van der Waals surface area contributed by atoms with E-state index in [4.69, 9.17) is 4.74 Å². The topological polar surface area (TPSA) is 84.7 Å². The number of nitro benzene ring substituents is 1. The molecule has 1 amide bonds. The molecule has 1 unspecified atom stereocenters. The van der Waals surface area contributed by atoms with Crippen LogP contribution in [0.15, 0.2) is 42.5 Å². The smallest absolute Gasteiger partial charge is 0.273 e. The standard InChI is InChI=1S/C19H21N3O4.ClH/c1-13-7-8-14(11-16(13)22(24)25)19(23)21-10-9-20-12-17(21)15-5-3-4-6-18(15)26-2;/h3-8,11,17,20H,9-10,12H2,1-2H3;1H. The van der Waals surface area contributed by atoms with E-state index in [2.05, 4.69) is 5.32 Å². The average Bonchev–Trinajstić information content (AvgIpc) is 2.67. The molecule has 3 rings (SSSR count). The van der Waals surface area contributed by atoms with Crippen molar-refractivity contribution in [2.24, 2.45) is 0 Å². The van der Waals surface area contributed by atoms with E-state index >= 15 is 0 Å². The van der Waals surface area contributed by atoms with E-state index in [0.717, 1.165) is 5.56 Å². The van der Waals surface area contributed by atoms with Gasteiger partial charge in [-0.05, 0) is 19.1 Å². The number of hydrogen-bond donors (Lipinski definition) is 1. The number of carbonyl (C=O) groups excluding carboxylic acids is 1. The summed E-state index contributed by atoms with van der Waals surface area (Å²) >= 11 is 0. The highest BCUT2D eigenvalue weighted by Crippen LogP contribution is 2.31. The van der Waals surface area contributed by atoms with Crippen molar-refractivity contribution in [2.45, 2.75) is 13.0 Å². The van der Waals surface area contributed by atoms with E-state index < -0.39 is 4.92 Å². The molecule has 2 aromatic rings. The molecule has 1 heterocycles. The number of rotatable bonds is 4. The van der Waals surface area contributed by atoms with Crippen LogP contribution in [-0.4, -0.2) is 42.5 Å². The second kappa shape index (κ2) is 8.83. The summed E-state index contributed by atoms with van der Waals surface area (Å²) < 4.78 is 5.44. The first-order chi connectivity index (χ1) is 12.5. The van der Waals surface area contributed by atoms with Crippen molar-refractivity contribution in [1.29, 1.82) is 0 Å². The van der Waals surface area contributed by atoms with Gasteiger partial charge in [-0.3, -0.25) is 14.9 Å². The fourth-order valence-electron chi connectivity index (χ4n) is 3.27. The molecular weight excluding hydrogens is 370 g/mol. The van der Waals surface area contributed by atoms with E-state index in [1.54, 1.807) is 31.1 Å². The van der Waals surface area contributed by atoms with Gasteiger partial charge in [0, 0.05) is 42.4 Å². The zero-order chi connectivity index (χ0) is 18.7. The van der Waals surface area contributed by atoms with Gasteiger partial charge in [-0.1, -0.05) is 24.3 Å². The highest BCUT2D eigenvalue weighted by Gasteiger charge is 2.31. The molecule has 0 spiro atoms. The van der Waals surface area contributed by atoms with E-state index in [1.165, 1.54) is 6.07 Å². The van der Waals surface area contributed by atoms with Crippen LogP contribution in [0.2, 0.25) is 0 Å². The minimum Gasteiger partial charge on any atom is -0.496 e. The number of amides is 1. The van der Waals surface area contributed by atoms with Gasteiger partial charge in [-0.15, -0.1) is 12.4 Å². The molecule has 27 heavy (non-hydrogen) atoms. The minimum atomic E-state index is -0.457. The molecule has 0 aromatic heterocycles. The number of nitrogens with one attached hydrogen (secondary N) is 1. The summed E-state index contributed by atoms with van der Waals surface area (Å²) in [4.78, 5) is 25.6. The maximum Gasteiger partial charge on any atom is 0.273 e. The largest absolute Gasteiger partial charge is 0.496 e. The molecule has 1 saturated heterocycles. The molecule has 1 atom stereocenters. The highest BCUT2D eigenvalue weighted by molar-refractivity contribution is 5.95. The van der Waals surface area contributed by atoms with Gasteiger partial charge in [0.2, 0.25) is 0 Å². The quantitative estimate of drug-likeness (QED) is 0.639.